The maximum Gasteiger partial charge on any atom is 0.0638 e. The molecule has 0 radical (unpaired) electrons. The Morgan fingerprint density at radius 2 is 1.89 bits per heavy atom. The van der Waals surface area contributed by atoms with Gasteiger partial charge in [0.25, 0.3) is 0 Å². The Labute approximate surface area is 115 Å². The van der Waals surface area contributed by atoms with E-state index in [0.29, 0.717) is 6.54 Å². The SMILES string of the molecule is CCc1ccccc1C(CN)Nc1cccc(C)c1. The first-order chi connectivity index (χ1) is 9.24. The predicted molar refractivity (Wildman–Crippen MR) is 82.4 cm³/mol. The second kappa shape index (κ2) is 6.39. The van der Waals surface area contributed by atoms with Crippen LogP contribution in [-0.4, -0.2) is 6.54 Å². The summed E-state index contributed by atoms with van der Waals surface area (Å²) in [7, 11) is 0. The van der Waals surface area contributed by atoms with Gasteiger partial charge in [0.15, 0.2) is 0 Å². The van der Waals surface area contributed by atoms with E-state index in [1.807, 2.05) is 0 Å². The van der Waals surface area contributed by atoms with Crippen LogP contribution in [0.4, 0.5) is 5.69 Å². The van der Waals surface area contributed by atoms with Gasteiger partial charge in [0, 0.05) is 12.2 Å². The Hall–Kier alpha value is -1.80. The third kappa shape index (κ3) is 3.36. The first-order valence-electron chi connectivity index (χ1n) is 6.85. The molecule has 0 aliphatic carbocycles. The van der Waals surface area contributed by atoms with Gasteiger partial charge in [-0.2, -0.15) is 0 Å². The molecule has 2 nitrogen and oxygen atoms in total. The van der Waals surface area contributed by atoms with Gasteiger partial charge in [0.2, 0.25) is 0 Å². The van der Waals surface area contributed by atoms with Crippen molar-refractivity contribution in [3.63, 3.8) is 0 Å². The van der Waals surface area contributed by atoms with Gasteiger partial charge in [0.1, 0.15) is 0 Å². The van der Waals surface area contributed by atoms with Crippen molar-refractivity contribution in [3.05, 3.63) is 65.2 Å². The Morgan fingerprint density at radius 3 is 2.58 bits per heavy atom. The summed E-state index contributed by atoms with van der Waals surface area (Å²) in [5, 5.41) is 3.54. The van der Waals surface area contributed by atoms with Crippen LogP contribution in [0, 0.1) is 6.92 Å². The van der Waals surface area contributed by atoms with Crippen molar-refractivity contribution in [2.45, 2.75) is 26.3 Å². The molecule has 0 fully saturated rings. The van der Waals surface area contributed by atoms with Crippen LogP contribution >= 0.6 is 0 Å². The molecule has 0 bridgehead atoms. The summed E-state index contributed by atoms with van der Waals surface area (Å²) in [6.45, 7) is 4.87. The number of hydrogen-bond acceptors (Lipinski definition) is 2. The summed E-state index contributed by atoms with van der Waals surface area (Å²) in [6.07, 6.45) is 1.03. The highest BCUT2D eigenvalue weighted by atomic mass is 14.9. The third-order valence-electron chi connectivity index (χ3n) is 3.41. The largest absolute Gasteiger partial charge is 0.377 e. The average Bonchev–Trinajstić information content (AvgIpc) is 2.45. The van der Waals surface area contributed by atoms with Crippen LogP contribution in [0.25, 0.3) is 0 Å². The minimum Gasteiger partial charge on any atom is -0.377 e. The first-order valence-corrected chi connectivity index (χ1v) is 6.85. The lowest BCUT2D eigenvalue weighted by atomic mass is 9.98. The van der Waals surface area contributed by atoms with Crippen molar-refractivity contribution in [2.75, 3.05) is 11.9 Å². The molecule has 0 aliphatic rings. The summed E-state index contributed by atoms with van der Waals surface area (Å²) >= 11 is 0. The van der Waals surface area contributed by atoms with Gasteiger partial charge in [-0.3, -0.25) is 0 Å². The van der Waals surface area contributed by atoms with E-state index in [-0.39, 0.29) is 6.04 Å². The molecular formula is C17H22N2. The molecule has 0 amide bonds. The minimum atomic E-state index is 0.165. The van der Waals surface area contributed by atoms with Gasteiger partial charge in [-0.25, -0.2) is 0 Å². The molecule has 3 N–H and O–H groups in total. The van der Waals surface area contributed by atoms with Gasteiger partial charge in [0.05, 0.1) is 6.04 Å². The maximum atomic E-state index is 5.95. The van der Waals surface area contributed by atoms with Crippen molar-refractivity contribution in [2.24, 2.45) is 5.73 Å². The van der Waals surface area contributed by atoms with E-state index in [0.717, 1.165) is 12.1 Å². The molecule has 2 heteroatoms. The van der Waals surface area contributed by atoms with Crippen LogP contribution in [0.15, 0.2) is 48.5 Å². The van der Waals surface area contributed by atoms with E-state index in [2.05, 4.69) is 67.7 Å². The van der Waals surface area contributed by atoms with E-state index in [1.54, 1.807) is 0 Å². The molecule has 0 heterocycles. The van der Waals surface area contributed by atoms with E-state index in [9.17, 15) is 0 Å². The van der Waals surface area contributed by atoms with Crippen LogP contribution < -0.4 is 11.1 Å². The zero-order valence-corrected chi connectivity index (χ0v) is 11.7. The van der Waals surface area contributed by atoms with Crippen LogP contribution in [0.2, 0.25) is 0 Å². The Bertz CT molecular complexity index is 534. The van der Waals surface area contributed by atoms with Gasteiger partial charge < -0.3 is 11.1 Å². The highest BCUT2D eigenvalue weighted by Gasteiger charge is 2.12. The van der Waals surface area contributed by atoms with Gasteiger partial charge in [-0.1, -0.05) is 43.3 Å². The standard InChI is InChI=1S/C17H22N2/c1-3-14-8-4-5-10-16(14)17(12-18)19-15-9-6-7-13(2)11-15/h4-11,17,19H,3,12,18H2,1-2H3. The lowest BCUT2D eigenvalue weighted by Gasteiger charge is -2.21. The number of nitrogens with one attached hydrogen (secondary N) is 1. The molecular weight excluding hydrogens is 232 g/mol. The highest BCUT2D eigenvalue weighted by molar-refractivity contribution is 5.48. The third-order valence-corrected chi connectivity index (χ3v) is 3.41. The van der Waals surface area contributed by atoms with E-state index in [4.69, 9.17) is 5.73 Å². The zero-order valence-electron chi connectivity index (χ0n) is 11.7. The van der Waals surface area contributed by atoms with Crippen molar-refractivity contribution >= 4 is 5.69 Å². The lowest BCUT2D eigenvalue weighted by molar-refractivity contribution is 0.777. The zero-order chi connectivity index (χ0) is 13.7. The van der Waals surface area contributed by atoms with Gasteiger partial charge in [-0.15, -0.1) is 0 Å². The number of anilines is 1. The monoisotopic (exact) mass is 254 g/mol. The molecule has 0 aliphatic heterocycles. The van der Waals surface area contributed by atoms with Crippen molar-refractivity contribution < 1.29 is 0 Å². The Balaban J connectivity index is 2.25. The summed E-state index contributed by atoms with van der Waals surface area (Å²) in [6, 6.07) is 17.1. The van der Waals surface area contributed by atoms with Crippen molar-refractivity contribution in [1.82, 2.24) is 0 Å². The fraction of sp³-hybridized carbons (Fsp3) is 0.294. The molecule has 1 atom stereocenters. The van der Waals surface area contributed by atoms with E-state index >= 15 is 0 Å². The van der Waals surface area contributed by atoms with E-state index < -0.39 is 0 Å². The van der Waals surface area contributed by atoms with Gasteiger partial charge >= 0.3 is 0 Å². The minimum absolute atomic E-state index is 0.165. The number of aryl methyl sites for hydroxylation is 2. The summed E-state index contributed by atoms with van der Waals surface area (Å²) in [5.41, 5.74) is 11.0. The normalized spacial score (nSPS) is 12.2. The quantitative estimate of drug-likeness (QED) is 0.854. The Morgan fingerprint density at radius 1 is 1.11 bits per heavy atom. The average molecular weight is 254 g/mol. The highest BCUT2D eigenvalue weighted by Crippen LogP contribution is 2.23. The van der Waals surface area contributed by atoms with E-state index in [1.165, 1.54) is 16.7 Å². The topological polar surface area (TPSA) is 38.0 Å². The summed E-state index contributed by atoms with van der Waals surface area (Å²) in [5.74, 6) is 0. The predicted octanol–water partition coefficient (Wildman–Crippen LogP) is 3.67. The molecule has 0 aromatic heterocycles. The van der Waals surface area contributed by atoms with Gasteiger partial charge in [-0.05, 0) is 42.2 Å². The first kappa shape index (κ1) is 13.6. The van der Waals surface area contributed by atoms with Crippen LogP contribution in [0.5, 0.6) is 0 Å². The number of benzene rings is 2. The molecule has 19 heavy (non-hydrogen) atoms. The Kier molecular flexibility index (Phi) is 4.58. The van der Waals surface area contributed by atoms with Crippen LogP contribution in [0.1, 0.15) is 29.7 Å². The molecule has 1 unspecified atom stereocenters. The molecule has 0 saturated carbocycles. The molecule has 0 saturated heterocycles. The van der Waals surface area contributed by atoms with Crippen LogP contribution in [0.3, 0.4) is 0 Å². The van der Waals surface area contributed by atoms with Crippen molar-refractivity contribution in [3.8, 4) is 0 Å². The summed E-state index contributed by atoms with van der Waals surface area (Å²) < 4.78 is 0. The smallest absolute Gasteiger partial charge is 0.0638 e. The second-order valence-corrected chi connectivity index (χ2v) is 4.85. The van der Waals surface area contributed by atoms with Crippen LogP contribution in [-0.2, 0) is 6.42 Å². The number of hydrogen-bond donors (Lipinski definition) is 2. The lowest BCUT2D eigenvalue weighted by Crippen LogP contribution is -2.21. The fourth-order valence-electron chi connectivity index (χ4n) is 2.40. The van der Waals surface area contributed by atoms with Crippen molar-refractivity contribution in [1.29, 1.82) is 0 Å². The summed E-state index contributed by atoms with van der Waals surface area (Å²) in [4.78, 5) is 0. The maximum absolute atomic E-state index is 5.95. The molecule has 2 rings (SSSR count). The second-order valence-electron chi connectivity index (χ2n) is 4.85. The number of rotatable bonds is 5. The molecule has 2 aromatic rings. The molecule has 100 valence electrons. The number of nitrogens with two attached hydrogens (primary N) is 1. The fourth-order valence-corrected chi connectivity index (χ4v) is 2.40. The molecule has 2 aromatic carbocycles. The molecule has 0 spiro atoms.